The molecule has 0 spiro atoms. The Bertz CT molecular complexity index is 767. The molecule has 2 atom stereocenters. The Labute approximate surface area is 146 Å². The average molecular weight is 347 g/mol. The Kier molecular flexibility index (Phi) is 4.70. The van der Waals surface area contributed by atoms with E-state index in [1.807, 2.05) is 19.1 Å². The van der Waals surface area contributed by atoms with Gasteiger partial charge in [0.25, 0.3) is 0 Å². The number of fused-ring (bicyclic) bond motifs is 1. The topological polar surface area (TPSA) is 46.0 Å². The second-order valence-corrected chi connectivity index (χ2v) is 6.58. The van der Waals surface area contributed by atoms with Crippen LogP contribution in [0, 0.1) is 5.82 Å². The predicted molar refractivity (Wildman–Crippen MR) is 93.7 cm³/mol. The highest BCUT2D eigenvalue weighted by atomic mass is 35.5. The zero-order valence-electron chi connectivity index (χ0n) is 13.8. The van der Waals surface area contributed by atoms with E-state index in [0.29, 0.717) is 10.7 Å². The molecule has 2 aromatic rings. The highest BCUT2D eigenvalue weighted by Crippen LogP contribution is 2.41. The molecule has 1 aliphatic carbocycles. The summed E-state index contributed by atoms with van der Waals surface area (Å²) in [6.45, 7) is 4.07. The Morgan fingerprint density at radius 3 is 2.71 bits per heavy atom. The molecule has 1 heterocycles. The first kappa shape index (κ1) is 17.1. The standard InChI is InChI=1S/C19H20ClFN2O/c1-3-12-8-9-19(4-2,11-24)18-13(12)10-16(22-23-18)17-14(20)6-5-7-15(17)21/h5-10,12,24H,3-4,11H2,1-2H3/t12?,19-/m0/s1. The number of rotatable bonds is 4. The number of hydrogen-bond donors (Lipinski definition) is 1. The number of aliphatic hydroxyl groups is 1. The van der Waals surface area contributed by atoms with Crippen molar-refractivity contribution < 1.29 is 9.50 Å². The third-order valence-corrected chi connectivity index (χ3v) is 5.23. The monoisotopic (exact) mass is 346 g/mol. The van der Waals surface area contributed by atoms with Crippen molar-refractivity contribution in [3.05, 3.63) is 58.5 Å². The molecule has 0 fully saturated rings. The molecule has 126 valence electrons. The Hall–Kier alpha value is -1.78. The van der Waals surface area contributed by atoms with E-state index in [1.54, 1.807) is 12.1 Å². The van der Waals surface area contributed by atoms with E-state index < -0.39 is 11.2 Å². The molecule has 1 aromatic carbocycles. The number of allylic oxidation sites excluding steroid dienone is 1. The zero-order chi connectivity index (χ0) is 17.3. The van der Waals surface area contributed by atoms with Gasteiger partial charge in [-0.05, 0) is 36.6 Å². The lowest BCUT2D eigenvalue weighted by atomic mass is 9.72. The molecule has 1 unspecified atom stereocenters. The number of aliphatic hydroxyl groups excluding tert-OH is 1. The van der Waals surface area contributed by atoms with Crippen LogP contribution in [-0.4, -0.2) is 21.9 Å². The van der Waals surface area contributed by atoms with Crippen molar-refractivity contribution in [1.82, 2.24) is 10.2 Å². The van der Waals surface area contributed by atoms with E-state index in [-0.39, 0.29) is 18.1 Å². The van der Waals surface area contributed by atoms with Gasteiger partial charge in [0.1, 0.15) is 5.82 Å². The van der Waals surface area contributed by atoms with Crippen molar-refractivity contribution >= 4 is 11.6 Å². The predicted octanol–water partition coefficient (Wildman–Crippen LogP) is 4.64. The van der Waals surface area contributed by atoms with Crippen LogP contribution in [0.15, 0.2) is 36.4 Å². The van der Waals surface area contributed by atoms with Crippen molar-refractivity contribution in [2.45, 2.75) is 38.0 Å². The van der Waals surface area contributed by atoms with Crippen molar-refractivity contribution in [2.75, 3.05) is 6.61 Å². The first-order valence-electron chi connectivity index (χ1n) is 8.19. The summed E-state index contributed by atoms with van der Waals surface area (Å²) in [5.41, 5.74) is 1.93. The van der Waals surface area contributed by atoms with Crippen LogP contribution in [0.1, 0.15) is 43.9 Å². The molecule has 3 rings (SSSR count). The van der Waals surface area contributed by atoms with Crippen LogP contribution in [0.4, 0.5) is 4.39 Å². The molecule has 0 bridgehead atoms. The van der Waals surface area contributed by atoms with Gasteiger partial charge in [-0.2, -0.15) is 10.2 Å². The van der Waals surface area contributed by atoms with Crippen LogP contribution < -0.4 is 0 Å². The maximum atomic E-state index is 14.2. The molecule has 0 saturated carbocycles. The van der Waals surface area contributed by atoms with Crippen LogP contribution in [0.25, 0.3) is 11.3 Å². The minimum Gasteiger partial charge on any atom is -0.395 e. The highest BCUT2D eigenvalue weighted by molar-refractivity contribution is 6.33. The lowest BCUT2D eigenvalue weighted by Crippen LogP contribution is -2.33. The molecule has 0 radical (unpaired) electrons. The Balaban J connectivity index is 2.20. The summed E-state index contributed by atoms with van der Waals surface area (Å²) in [7, 11) is 0. The minimum absolute atomic E-state index is 0.0298. The van der Waals surface area contributed by atoms with Gasteiger partial charge in [0.15, 0.2) is 0 Å². The van der Waals surface area contributed by atoms with Gasteiger partial charge in [-0.1, -0.05) is 43.7 Å². The van der Waals surface area contributed by atoms with Crippen molar-refractivity contribution in [3.8, 4) is 11.3 Å². The normalized spacial score (nSPS) is 22.5. The first-order valence-corrected chi connectivity index (χ1v) is 8.56. The molecular weight excluding hydrogens is 327 g/mol. The average Bonchev–Trinajstić information content (AvgIpc) is 2.60. The summed E-state index contributed by atoms with van der Waals surface area (Å²) < 4.78 is 14.2. The summed E-state index contributed by atoms with van der Waals surface area (Å²) in [5, 5.41) is 18.8. The van der Waals surface area contributed by atoms with Gasteiger partial charge in [-0.15, -0.1) is 0 Å². The Morgan fingerprint density at radius 1 is 1.29 bits per heavy atom. The molecule has 0 amide bonds. The van der Waals surface area contributed by atoms with Crippen molar-refractivity contribution in [3.63, 3.8) is 0 Å². The first-order chi connectivity index (χ1) is 11.6. The summed E-state index contributed by atoms with van der Waals surface area (Å²) in [5.74, 6) is -0.244. The number of benzene rings is 1. The summed E-state index contributed by atoms with van der Waals surface area (Å²) >= 11 is 6.17. The van der Waals surface area contributed by atoms with Crippen LogP contribution in [0.5, 0.6) is 0 Å². The number of aromatic nitrogens is 2. The van der Waals surface area contributed by atoms with E-state index in [9.17, 15) is 9.50 Å². The molecule has 5 heteroatoms. The lowest BCUT2D eigenvalue weighted by molar-refractivity contribution is 0.213. The smallest absolute Gasteiger partial charge is 0.134 e. The molecule has 3 nitrogen and oxygen atoms in total. The highest BCUT2D eigenvalue weighted by Gasteiger charge is 2.36. The molecule has 0 saturated heterocycles. The third-order valence-electron chi connectivity index (χ3n) is 4.91. The fraction of sp³-hybridized carbons (Fsp3) is 0.368. The summed E-state index contributed by atoms with van der Waals surface area (Å²) in [6.07, 6.45) is 5.76. The fourth-order valence-electron chi connectivity index (χ4n) is 3.30. The van der Waals surface area contributed by atoms with Crippen LogP contribution >= 0.6 is 11.6 Å². The van der Waals surface area contributed by atoms with Gasteiger partial charge in [0.05, 0.1) is 34.0 Å². The largest absolute Gasteiger partial charge is 0.395 e. The van der Waals surface area contributed by atoms with Crippen LogP contribution in [0.3, 0.4) is 0 Å². The van der Waals surface area contributed by atoms with E-state index in [4.69, 9.17) is 11.6 Å². The molecular formula is C19H20ClFN2O. The van der Waals surface area contributed by atoms with Crippen LogP contribution in [-0.2, 0) is 5.41 Å². The maximum Gasteiger partial charge on any atom is 0.134 e. The lowest BCUT2D eigenvalue weighted by Gasteiger charge is -2.34. The number of halogens is 2. The second-order valence-electron chi connectivity index (χ2n) is 6.17. The molecule has 1 aromatic heterocycles. The molecule has 1 N–H and O–H groups in total. The van der Waals surface area contributed by atoms with Crippen molar-refractivity contribution in [1.29, 1.82) is 0 Å². The summed E-state index contributed by atoms with van der Waals surface area (Å²) in [4.78, 5) is 0. The van der Waals surface area contributed by atoms with Gasteiger partial charge in [0.2, 0.25) is 0 Å². The third kappa shape index (κ3) is 2.64. The van der Waals surface area contributed by atoms with E-state index in [0.717, 1.165) is 24.1 Å². The van der Waals surface area contributed by atoms with Crippen molar-refractivity contribution in [2.24, 2.45) is 0 Å². The molecule has 0 aliphatic heterocycles. The van der Waals surface area contributed by atoms with Crippen LogP contribution in [0.2, 0.25) is 5.02 Å². The van der Waals surface area contributed by atoms with Gasteiger partial charge >= 0.3 is 0 Å². The van der Waals surface area contributed by atoms with Gasteiger partial charge in [-0.3, -0.25) is 0 Å². The van der Waals surface area contributed by atoms with E-state index in [2.05, 4.69) is 23.2 Å². The maximum absolute atomic E-state index is 14.2. The Morgan fingerprint density at radius 2 is 2.08 bits per heavy atom. The van der Waals surface area contributed by atoms with E-state index in [1.165, 1.54) is 6.07 Å². The minimum atomic E-state index is -0.522. The molecule has 1 aliphatic rings. The number of hydrogen-bond acceptors (Lipinski definition) is 3. The zero-order valence-corrected chi connectivity index (χ0v) is 14.5. The quantitative estimate of drug-likeness (QED) is 0.820. The summed E-state index contributed by atoms with van der Waals surface area (Å²) in [6, 6.07) is 6.44. The fourth-order valence-corrected chi connectivity index (χ4v) is 3.56. The van der Waals surface area contributed by atoms with Gasteiger partial charge < -0.3 is 5.11 Å². The van der Waals surface area contributed by atoms with E-state index >= 15 is 0 Å². The number of nitrogens with zero attached hydrogens (tertiary/aromatic N) is 2. The van der Waals surface area contributed by atoms with Gasteiger partial charge in [0, 0.05) is 5.92 Å². The molecule has 24 heavy (non-hydrogen) atoms. The second kappa shape index (κ2) is 6.61. The van der Waals surface area contributed by atoms with Gasteiger partial charge in [-0.25, -0.2) is 4.39 Å². The SMILES string of the molecule is CCC1C=C[C@@](CC)(CO)c2nnc(-c3c(F)cccc3Cl)cc21.